The number of nitrogens with zero attached hydrogens (tertiary/aromatic N) is 5. The molecule has 2 heterocycles. The second-order valence-corrected chi connectivity index (χ2v) is 7.00. The zero-order valence-corrected chi connectivity index (χ0v) is 15.6. The van der Waals surface area contributed by atoms with Crippen LogP contribution in [0.5, 0.6) is 0 Å². The fraction of sp³-hybridized carbons (Fsp3) is 0.579. The third-order valence-electron chi connectivity index (χ3n) is 4.95. The molecule has 1 atom stereocenters. The number of hydrogen-bond acceptors (Lipinski definition) is 5. The van der Waals surface area contributed by atoms with Crippen LogP contribution in [0.1, 0.15) is 19.2 Å². The minimum atomic E-state index is -0.444. The molecule has 7 heteroatoms. The van der Waals surface area contributed by atoms with Crippen molar-refractivity contribution in [3.63, 3.8) is 0 Å². The first-order chi connectivity index (χ1) is 12.5. The van der Waals surface area contributed by atoms with Gasteiger partial charge >= 0.3 is 0 Å². The average molecular weight is 361 g/mol. The highest BCUT2D eigenvalue weighted by Gasteiger charge is 2.17. The number of aromatic nitrogens is 3. The summed E-state index contributed by atoms with van der Waals surface area (Å²) in [5, 5.41) is 14.6. The van der Waals surface area contributed by atoms with Crippen molar-refractivity contribution in [1.82, 2.24) is 24.6 Å². The second-order valence-electron chi connectivity index (χ2n) is 7.00. The van der Waals surface area contributed by atoms with Gasteiger partial charge in [-0.05, 0) is 37.7 Å². The van der Waals surface area contributed by atoms with Crippen LogP contribution >= 0.6 is 0 Å². The van der Waals surface area contributed by atoms with Crippen LogP contribution in [-0.2, 0) is 13.0 Å². The van der Waals surface area contributed by atoms with Crippen molar-refractivity contribution in [3.8, 4) is 11.4 Å². The van der Waals surface area contributed by atoms with E-state index in [1.807, 2.05) is 11.6 Å². The van der Waals surface area contributed by atoms with Gasteiger partial charge in [0.1, 0.15) is 11.6 Å². The smallest absolute Gasteiger partial charge is 0.181 e. The molecule has 0 spiro atoms. The molecule has 0 radical (unpaired) electrons. The summed E-state index contributed by atoms with van der Waals surface area (Å²) in [5.41, 5.74) is 0.789. The molecule has 0 bridgehead atoms. The highest BCUT2D eigenvalue weighted by Crippen LogP contribution is 2.17. The van der Waals surface area contributed by atoms with Crippen LogP contribution in [0.3, 0.4) is 0 Å². The highest BCUT2D eigenvalue weighted by atomic mass is 19.1. The fourth-order valence-corrected chi connectivity index (χ4v) is 3.09. The Bertz CT molecular complexity index is 694. The molecule has 0 saturated carbocycles. The number of likely N-dealkylation sites (N-methyl/N-ethyl adjacent to an activating group) is 1. The topological polar surface area (TPSA) is 57.4 Å². The summed E-state index contributed by atoms with van der Waals surface area (Å²) in [6.07, 6.45) is 1.01. The van der Waals surface area contributed by atoms with Crippen molar-refractivity contribution < 1.29 is 9.50 Å². The molecule has 6 nitrogen and oxygen atoms in total. The van der Waals surface area contributed by atoms with E-state index in [2.05, 4.69) is 26.9 Å². The van der Waals surface area contributed by atoms with Crippen molar-refractivity contribution >= 4 is 0 Å². The van der Waals surface area contributed by atoms with Crippen molar-refractivity contribution in [1.29, 1.82) is 0 Å². The number of benzene rings is 1. The molecule has 1 N–H and O–H groups in total. The number of rotatable bonds is 7. The van der Waals surface area contributed by atoms with Gasteiger partial charge in [0.15, 0.2) is 5.82 Å². The van der Waals surface area contributed by atoms with Crippen LogP contribution in [-0.4, -0.2) is 75.5 Å². The summed E-state index contributed by atoms with van der Waals surface area (Å²) in [7, 11) is 2.15. The molecular formula is C19H28FN5O. The molecular weight excluding hydrogens is 333 g/mol. The van der Waals surface area contributed by atoms with E-state index < -0.39 is 6.10 Å². The molecule has 1 aromatic carbocycles. The van der Waals surface area contributed by atoms with Gasteiger partial charge in [-0.25, -0.2) is 14.1 Å². The normalized spacial score (nSPS) is 17.5. The molecule has 1 fully saturated rings. The zero-order valence-electron chi connectivity index (χ0n) is 15.6. The van der Waals surface area contributed by atoms with Gasteiger partial charge < -0.3 is 14.9 Å². The van der Waals surface area contributed by atoms with Gasteiger partial charge in [-0.15, -0.1) is 0 Å². The molecule has 1 aliphatic rings. The van der Waals surface area contributed by atoms with Gasteiger partial charge in [-0.2, -0.15) is 5.10 Å². The summed E-state index contributed by atoms with van der Waals surface area (Å²) in [6.45, 7) is 7.61. The highest BCUT2D eigenvalue weighted by molar-refractivity contribution is 5.54. The first-order valence-electron chi connectivity index (χ1n) is 9.33. The lowest BCUT2D eigenvalue weighted by Gasteiger charge is -2.32. The monoisotopic (exact) mass is 361 g/mol. The number of hydrogen-bond donors (Lipinski definition) is 1. The minimum Gasteiger partial charge on any atom is -0.391 e. The molecule has 1 aromatic heterocycles. The second kappa shape index (κ2) is 8.70. The van der Waals surface area contributed by atoms with Gasteiger partial charge in [0.05, 0.1) is 12.6 Å². The standard InChI is InChI=1S/C19H28FN5O/c1-3-17(26)14-25-18(8-9-24-12-10-23(2)11-13-24)21-19(22-25)15-4-6-16(20)7-5-15/h4-7,17,26H,3,8-14H2,1-2H3/t17-/m0/s1. The van der Waals surface area contributed by atoms with E-state index in [9.17, 15) is 9.50 Å². The Balaban J connectivity index is 1.74. The lowest BCUT2D eigenvalue weighted by Crippen LogP contribution is -2.45. The Labute approximate surface area is 154 Å². The fourth-order valence-electron chi connectivity index (χ4n) is 3.09. The van der Waals surface area contributed by atoms with E-state index in [0.717, 1.165) is 50.5 Å². The summed E-state index contributed by atoms with van der Waals surface area (Å²) in [5.74, 6) is 1.18. The number of aliphatic hydroxyl groups excluding tert-OH is 1. The maximum atomic E-state index is 13.2. The first-order valence-corrected chi connectivity index (χ1v) is 9.33. The molecule has 2 aromatic rings. The predicted octanol–water partition coefficient (Wildman–Crippen LogP) is 1.65. The largest absolute Gasteiger partial charge is 0.391 e. The summed E-state index contributed by atoms with van der Waals surface area (Å²) in [4.78, 5) is 9.45. The van der Waals surface area contributed by atoms with Crippen LogP contribution in [0.2, 0.25) is 0 Å². The van der Waals surface area contributed by atoms with E-state index in [4.69, 9.17) is 0 Å². The molecule has 142 valence electrons. The lowest BCUT2D eigenvalue weighted by molar-refractivity contribution is 0.140. The Hall–Kier alpha value is -1.83. The first kappa shape index (κ1) is 18.9. The van der Waals surface area contributed by atoms with Crippen molar-refractivity contribution in [2.75, 3.05) is 39.8 Å². The van der Waals surface area contributed by atoms with E-state index in [1.54, 1.807) is 12.1 Å². The number of halogens is 1. The van der Waals surface area contributed by atoms with Crippen LogP contribution in [0.25, 0.3) is 11.4 Å². The summed E-state index contributed by atoms with van der Waals surface area (Å²) < 4.78 is 15.0. The van der Waals surface area contributed by atoms with Crippen LogP contribution < -0.4 is 0 Å². The Morgan fingerprint density at radius 3 is 2.50 bits per heavy atom. The van der Waals surface area contributed by atoms with Gasteiger partial charge in [0.2, 0.25) is 0 Å². The Kier molecular flexibility index (Phi) is 6.34. The number of aliphatic hydroxyl groups is 1. The van der Waals surface area contributed by atoms with Crippen molar-refractivity contribution in [2.24, 2.45) is 0 Å². The molecule has 3 rings (SSSR count). The quantitative estimate of drug-likeness (QED) is 0.813. The van der Waals surface area contributed by atoms with Gasteiger partial charge in [0, 0.05) is 44.7 Å². The molecule has 0 aliphatic carbocycles. The van der Waals surface area contributed by atoms with E-state index in [1.165, 1.54) is 12.1 Å². The number of piperazine rings is 1. The third-order valence-corrected chi connectivity index (χ3v) is 4.95. The SMILES string of the molecule is CC[C@H](O)Cn1nc(-c2ccc(F)cc2)nc1CCN1CCN(C)CC1. The maximum Gasteiger partial charge on any atom is 0.181 e. The Morgan fingerprint density at radius 1 is 1.15 bits per heavy atom. The summed E-state index contributed by atoms with van der Waals surface area (Å²) >= 11 is 0. The zero-order chi connectivity index (χ0) is 18.5. The minimum absolute atomic E-state index is 0.273. The van der Waals surface area contributed by atoms with Crippen LogP contribution in [0.4, 0.5) is 4.39 Å². The Morgan fingerprint density at radius 2 is 1.85 bits per heavy atom. The molecule has 1 saturated heterocycles. The molecule has 26 heavy (non-hydrogen) atoms. The molecule has 0 unspecified atom stereocenters. The molecule has 0 amide bonds. The average Bonchev–Trinajstić information content (AvgIpc) is 3.04. The third kappa shape index (κ3) is 4.87. The maximum absolute atomic E-state index is 13.2. The van der Waals surface area contributed by atoms with E-state index >= 15 is 0 Å². The molecule has 1 aliphatic heterocycles. The van der Waals surface area contributed by atoms with Gasteiger partial charge in [0.25, 0.3) is 0 Å². The van der Waals surface area contributed by atoms with E-state index in [0.29, 0.717) is 18.8 Å². The van der Waals surface area contributed by atoms with Crippen molar-refractivity contribution in [3.05, 3.63) is 35.9 Å². The van der Waals surface area contributed by atoms with Gasteiger partial charge in [-0.1, -0.05) is 6.92 Å². The predicted molar refractivity (Wildman–Crippen MR) is 99.4 cm³/mol. The van der Waals surface area contributed by atoms with E-state index in [-0.39, 0.29) is 5.82 Å². The van der Waals surface area contributed by atoms with Crippen molar-refractivity contribution in [2.45, 2.75) is 32.4 Å². The lowest BCUT2D eigenvalue weighted by atomic mass is 10.2. The van der Waals surface area contributed by atoms with Crippen LogP contribution in [0.15, 0.2) is 24.3 Å². The van der Waals surface area contributed by atoms with Crippen LogP contribution in [0, 0.1) is 5.82 Å². The summed E-state index contributed by atoms with van der Waals surface area (Å²) in [6, 6.07) is 6.21. The van der Waals surface area contributed by atoms with Gasteiger partial charge in [-0.3, -0.25) is 0 Å².